The van der Waals surface area contributed by atoms with Crippen LogP contribution in [0.15, 0.2) is 47.8 Å². The summed E-state index contributed by atoms with van der Waals surface area (Å²) in [6, 6.07) is 8.30. The second-order valence-corrected chi connectivity index (χ2v) is 10.7. The van der Waals surface area contributed by atoms with Gasteiger partial charge in [0.1, 0.15) is 10.8 Å². The Morgan fingerprint density at radius 1 is 1.27 bits per heavy atom. The Morgan fingerprint density at radius 3 is 2.86 bits per heavy atom. The van der Waals surface area contributed by atoms with E-state index in [0.717, 1.165) is 13.0 Å². The number of likely N-dealkylation sites (tertiary alicyclic amines) is 1. The summed E-state index contributed by atoms with van der Waals surface area (Å²) >= 11 is 7.75. The van der Waals surface area contributed by atoms with E-state index in [9.17, 15) is 19.1 Å². The number of hydrogen-bond acceptors (Lipinski definition) is 7. The van der Waals surface area contributed by atoms with E-state index in [-0.39, 0.29) is 36.3 Å². The average Bonchev–Trinajstić information content (AvgIpc) is 2.88. The topological polar surface area (TPSA) is 92.6 Å². The van der Waals surface area contributed by atoms with Crippen molar-refractivity contribution in [1.29, 1.82) is 0 Å². The smallest absolute Gasteiger partial charge is 0.303 e. The number of carbonyl (C=O) groups excluding carboxylic acids is 1. The van der Waals surface area contributed by atoms with Crippen molar-refractivity contribution in [2.75, 3.05) is 32.5 Å². The first kappa shape index (κ1) is 27.3. The van der Waals surface area contributed by atoms with Crippen molar-refractivity contribution < 1.29 is 23.8 Å². The van der Waals surface area contributed by atoms with Crippen LogP contribution in [0.25, 0.3) is 10.9 Å². The molecule has 1 saturated heterocycles. The Balaban J connectivity index is 1.38. The molecule has 0 radical (unpaired) electrons. The molecule has 37 heavy (non-hydrogen) atoms. The van der Waals surface area contributed by atoms with Crippen molar-refractivity contribution in [2.24, 2.45) is 11.8 Å². The second-order valence-electron chi connectivity index (χ2n) is 9.17. The summed E-state index contributed by atoms with van der Waals surface area (Å²) in [5.41, 5.74) is 1.09. The molecule has 0 amide bonds. The molecule has 2 atom stereocenters. The standard InChI is InChI=1S/C27H29ClFN3O4S/c1-36-19-5-6-23-20(14-19)26(21(28)15-31-23)24(33)7-4-17-8-10-32(16-18(17)13-25(34)35)11-12-37-27-22(29)3-2-9-30-27/h2-3,5-6,9,14-15,17-18H,4,7-8,10-13,16H2,1H3,(H,34,35). The highest BCUT2D eigenvalue weighted by molar-refractivity contribution is 7.99. The summed E-state index contributed by atoms with van der Waals surface area (Å²) in [7, 11) is 1.56. The number of ketones is 1. The third-order valence-electron chi connectivity index (χ3n) is 6.83. The molecular weight excluding hydrogens is 517 g/mol. The Kier molecular flexibility index (Phi) is 9.34. The zero-order valence-corrected chi connectivity index (χ0v) is 22.1. The lowest BCUT2D eigenvalue weighted by Crippen LogP contribution is -2.42. The van der Waals surface area contributed by atoms with Crippen molar-refractivity contribution in [1.82, 2.24) is 14.9 Å². The summed E-state index contributed by atoms with van der Waals surface area (Å²) in [5.74, 6) is 0.0513. The number of carboxylic acids is 1. The molecule has 2 unspecified atom stereocenters. The number of carbonyl (C=O) groups is 2. The summed E-state index contributed by atoms with van der Waals surface area (Å²) in [5, 5.41) is 10.8. The second kappa shape index (κ2) is 12.7. The van der Waals surface area contributed by atoms with Gasteiger partial charge in [-0.25, -0.2) is 9.37 Å². The zero-order valence-electron chi connectivity index (χ0n) is 20.5. The van der Waals surface area contributed by atoms with Crippen LogP contribution in [0.5, 0.6) is 5.75 Å². The van der Waals surface area contributed by atoms with Crippen LogP contribution in [0.4, 0.5) is 4.39 Å². The number of aromatic nitrogens is 2. The number of Topliss-reactive ketones (excluding diaryl/α,β-unsaturated/α-hetero) is 1. The van der Waals surface area contributed by atoms with Gasteiger partial charge in [-0.2, -0.15) is 0 Å². The van der Waals surface area contributed by atoms with E-state index in [1.807, 2.05) is 0 Å². The quantitative estimate of drug-likeness (QED) is 0.246. The van der Waals surface area contributed by atoms with Gasteiger partial charge in [-0.15, -0.1) is 11.8 Å². The van der Waals surface area contributed by atoms with Crippen LogP contribution in [0.2, 0.25) is 5.02 Å². The van der Waals surface area contributed by atoms with Crippen LogP contribution in [0.3, 0.4) is 0 Å². The number of halogens is 2. The molecule has 2 aromatic heterocycles. The van der Waals surface area contributed by atoms with Gasteiger partial charge in [0.05, 0.1) is 17.6 Å². The first-order chi connectivity index (χ1) is 17.9. The zero-order chi connectivity index (χ0) is 26.4. The molecule has 196 valence electrons. The maximum Gasteiger partial charge on any atom is 0.303 e. The van der Waals surface area contributed by atoms with Crippen molar-refractivity contribution in [2.45, 2.75) is 30.7 Å². The lowest BCUT2D eigenvalue weighted by atomic mass is 9.79. The molecular formula is C27H29ClFN3O4S. The number of ether oxygens (including phenoxy) is 1. The number of hydrogen-bond donors (Lipinski definition) is 1. The van der Waals surface area contributed by atoms with Crippen molar-refractivity contribution >= 4 is 46.0 Å². The number of rotatable bonds is 11. The highest BCUT2D eigenvalue weighted by atomic mass is 35.5. The number of carboxylic acid groups (broad SMARTS) is 1. The van der Waals surface area contributed by atoms with E-state index in [0.29, 0.717) is 57.5 Å². The maximum atomic E-state index is 13.8. The minimum Gasteiger partial charge on any atom is -0.497 e. The number of aliphatic carboxylic acids is 1. The molecule has 7 nitrogen and oxygen atoms in total. The van der Waals surface area contributed by atoms with Gasteiger partial charge in [0.25, 0.3) is 0 Å². The predicted molar refractivity (Wildman–Crippen MR) is 142 cm³/mol. The summed E-state index contributed by atoms with van der Waals surface area (Å²) in [4.78, 5) is 35.5. The first-order valence-electron chi connectivity index (χ1n) is 12.2. The van der Waals surface area contributed by atoms with Gasteiger partial charge in [-0.3, -0.25) is 14.6 Å². The molecule has 3 heterocycles. The molecule has 4 rings (SSSR count). The third-order valence-corrected chi connectivity index (χ3v) is 8.08. The fraction of sp³-hybridized carbons (Fsp3) is 0.407. The van der Waals surface area contributed by atoms with E-state index < -0.39 is 5.97 Å². The molecule has 1 aromatic carbocycles. The largest absolute Gasteiger partial charge is 0.497 e. The molecule has 1 aliphatic heterocycles. The number of fused-ring (bicyclic) bond motifs is 1. The monoisotopic (exact) mass is 545 g/mol. The molecule has 0 aliphatic carbocycles. The van der Waals surface area contributed by atoms with Crippen molar-refractivity contribution in [3.63, 3.8) is 0 Å². The number of piperidine rings is 1. The highest BCUT2D eigenvalue weighted by Gasteiger charge is 2.31. The van der Waals surface area contributed by atoms with E-state index in [1.165, 1.54) is 24.0 Å². The molecule has 1 aliphatic rings. The van der Waals surface area contributed by atoms with E-state index in [1.54, 1.807) is 37.6 Å². The molecule has 3 aromatic rings. The molecule has 10 heteroatoms. The first-order valence-corrected chi connectivity index (χ1v) is 13.5. The predicted octanol–water partition coefficient (Wildman–Crippen LogP) is 5.60. The summed E-state index contributed by atoms with van der Waals surface area (Å²) < 4.78 is 19.1. The van der Waals surface area contributed by atoms with Crippen LogP contribution in [0, 0.1) is 17.7 Å². The molecule has 0 saturated carbocycles. The highest BCUT2D eigenvalue weighted by Crippen LogP contribution is 2.33. The van der Waals surface area contributed by atoms with Gasteiger partial charge >= 0.3 is 5.97 Å². The van der Waals surface area contributed by atoms with Crippen LogP contribution < -0.4 is 4.74 Å². The van der Waals surface area contributed by atoms with Crippen LogP contribution >= 0.6 is 23.4 Å². The van der Waals surface area contributed by atoms with Gasteiger partial charge < -0.3 is 14.7 Å². The lowest BCUT2D eigenvalue weighted by Gasteiger charge is -2.38. The number of benzene rings is 1. The van der Waals surface area contributed by atoms with Crippen LogP contribution in [-0.4, -0.2) is 64.2 Å². The Hall–Kier alpha value is -2.75. The molecule has 0 spiro atoms. The van der Waals surface area contributed by atoms with Gasteiger partial charge in [0.2, 0.25) is 0 Å². The van der Waals surface area contributed by atoms with E-state index in [4.69, 9.17) is 16.3 Å². The molecule has 1 N–H and O–H groups in total. The number of thioether (sulfide) groups is 1. The number of nitrogens with zero attached hydrogens (tertiary/aromatic N) is 3. The average molecular weight is 546 g/mol. The maximum absolute atomic E-state index is 13.8. The van der Waals surface area contributed by atoms with Gasteiger partial charge in [-0.1, -0.05) is 11.6 Å². The fourth-order valence-electron chi connectivity index (χ4n) is 4.94. The number of methoxy groups -OCH3 is 1. The third kappa shape index (κ3) is 6.97. The van der Waals surface area contributed by atoms with Gasteiger partial charge in [0, 0.05) is 55.0 Å². The van der Waals surface area contributed by atoms with Crippen LogP contribution in [-0.2, 0) is 4.79 Å². The van der Waals surface area contributed by atoms with Gasteiger partial charge in [0.15, 0.2) is 11.6 Å². The Bertz CT molecular complexity index is 1280. The van der Waals surface area contributed by atoms with Crippen LogP contribution in [0.1, 0.15) is 36.0 Å². The van der Waals surface area contributed by atoms with Crippen molar-refractivity contribution in [3.8, 4) is 5.75 Å². The number of pyridine rings is 2. The minimum absolute atomic E-state index is 0.0491. The summed E-state index contributed by atoms with van der Waals surface area (Å²) in [6.07, 6.45) is 4.76. The van der Waals surface area contributed by atoms with E-state index >= 15 is 0 Å². The molecule has 1 fully saturated rings. The SMILES string of the molecule is COc1ccc2ncc(Cl)c(C(=O)CCC3CCN(CCSc4ncccc4F)CC3CC(=O)O)c2c1. The lowest BCUT2D eigenvalue weighted by molar-refractivity contribution is -0.139. The van der Waals surface area contributed by atoms with E-state index in [2.05, 4.69) is 14.9 Å². The Morgan fingerprint density at radius 2 is 2.11 bits per heavy atom. The normalized spacial score (nSPS) is 18.1. The minimum atomic E-state index is -0.844. The molecule has 0 bridgehead atoms. The Labute approximate surface area is 224 Å². The van der Waals surface area contributed by atoms with Crippen molar-refractivity contribution in [3.05, 3.63) is 59.1 Å². The summed E-state index contributed by atoms with van der Waals surface area (Å²) in [6.45, 7) is 2.14. The fourth-order valence-corrected chi connectivity index (χ4v) is 6.08. The van der Waals surface area contributed by atoms with Gasteiger partial charge in [-0.05, 0) is 61.6 Å².